The van der Waals surface area contributed by atoms with Crippen LogP contribution in [-0.4, -0.2) is 50.7 Å². The van der Waals surface area contributed by atoms with Crippen molar-refractivity contribution in [2.75, 3.05) is 39.9 Å². The summed E-state index contributed by atoms with van der Waals surface area (Å²) in [5, 5.41) is 3.11. The SMILES string of the molecule is COCCNCC(=O)N1CCc2ccccc2CC1. The largest absolute Gasteiger partial charge is 0.383 e. The Kier molecular flexibility index (Phi) is 5.36. The number of methoxy groups -OCH3 is 1. The third kappa shape index (κ3) is 4.04. The second-order valence-electron chi connectivity index (χ2n) is 4.82. The average Bonchev–Trinajstić information content (AvgIpc) is 2.66. The van der Waals surface area contributed by atoms with Gasteiger partial charge in [0.05, 0.1) is 13.2 Å². The fourth-order valence-electron chi connectivity index (χ4n) is 2.40. The Morgan fingerprint density at radius 1 is 1.26 bits per heavy atom. The van der Waals surface area contributed by atoms with Crippen LogP contribution >= 0.6 is 0 Å². The zero-order chi connectivity index (χ0) is 13.5. The Balaban J connectivity index is 1.82. The van der Waals surface area contributed by atoms with Crippen molar-refractivity contribution in [1.29, 1.82) is 0 Å². The molecule has 0 unspecified atom stereocenters. The first-order valence-electron chi connectivity index (χ1n) is 6.85. The highest BCUT2D eigenvalue weighted by molar-refractivity contribution is 5.78. The summed E-state index contributed by atoms with van der Waals surface area (Å²) >= 11 is 0. The minimum absolute atomic E-state index is 0.184. The minimum atomic E-state index is 0.184. The van der Waals surface area contributed by atoms with Crippen molar-refractivity contribution in [2.45, 2.75) is 12.8 Å². The molecule has 1 aliphatic rings. The van der Waals surface area contributed by atoms with E-state index in [-0.39, 0.29) is 5.91 Å². The Morgan fingerprint density at radius 3 is 2.47 bits per heavy atom. The highest BCUT2D eigenvalue weighted by Gasteiger charge is 2.17. The van der Waals surface area contributed by atoms with Gasteiger partial charge in [0, 0.05) is 26.7 Å². The molecule has 0 saturated heterocycles. The lowest BCUT2D eigenvalue weighted by Gasteiger charge is -2.20. The molecule has 0 fully saturated rings. The molecule has 1 aliphatic heterocycles. The van der Waals surface area contributed by atoms with E-state index in [1.54, 1.807) is 7.11 Å². The van der Waals surface area contributed by atoms with Crippen LogP contribution in [0.5, 0.6) is 0 Å². The third-order valence-electron chi connectivity index (χ3n) is 3.53. The summed E-state index contributed by atoms with van der Waals surface area (Å²) in [4.78, 5) is 14.0. The van der Waals surface area contributed by atoms with E-state index in [9.17, 15) is 4.79 Å². The first-order chi connectivity index (χ1) is 9.31. The van der Waals surface area contributed by atoms with Crippen LogP contribution in [0, 0.1) is 0 Å². The third-order valence-corrected chi connectivity index (χ3v) is 3.53. The quantitative estimate of drug-likeness (QED) is 0.800. The van der Waals surface area contributed by atoms with Crippen molar-refractivity contribution in [1.82, 2.24) is 10.2 Å². The molecule has 0 saturated carbocycles. The number of ether oxygens (including phenoxy) is 1. The molecule has 19 heavy (non-hydrogen) atoms. The van der Waals surface area contributed by atoms with Gasteiger partial charge in [0.15, 0.2) is 0 Å². The number of nitrogens with one attached hydrogen (secondary N) is 1. The van der Waals surface area contributed by atoms with E-state index in [1.807, 2.05) is 4.90 Å². The first-order valence-corrected chi connectivity index (χ1v) is 6.85. The lowest BCUT2D eigenvalue weighted by Crippen LogP contribution is -2.40. The van der Waals surface area contributed by atoms with E-state index in [0.717, 1.165) is 32.5 Å². The van der Waals surface area contributed by atoms with Crippen LogP contribution in [0.1, 0.15) is 11.1 Å². The molecule has 0 aromatic heterocycles. The first kappa shape index (κ1) is 14.0. The maximum Gasteiger partial charge on any atom is 0.236 e. The topological polar surface area (TPSA) is 41.6 Å². The van der Waals surface area contributed by atoms with Crippen LogP contribution in [-0.2, 0) is 22.4 Å². The molecule has 2 rings (SSSR count). The van der Waals surface area contributed by atoms with E-state index in [0.29, 0.717) is 13.2 Å². The molecule has 1 amide bonds. The molecule has 0 bridgehead atoms. The number of hydrogen-bond donors (Lipinski definition) is 1. The van der Waals surface area contributed by atoms with Gasteiger partial charge in [0.2, 0.25) is 5.91 Å². The minimum Gasteiger partial charge on any atom is -0.383 e. The molecule has 4 heteroatoms. The van der Waals surface area contributed by atoms with Crippen molar-refractivity contribution in [3.8, 4) is 0 Å². The van der Waals surface area contributed by atoms with Gasteiger partial charge < -0.3 is 15.0 Å². The van der Waals surface area contributed by atoms with Crippen LogP contribution in [0.3, 0.4) is 0 Å². The van der Waals surface area contributed by atoms with Crippen LogP contribution < -0.4 is 5.32 Å². The number of rotatable bonds is 5. The van der Waals surface area contributed by atoms with E-state index in [2.05, 4.69) is 29.6 Å². The van der Waals surface area contributed by atoms with Crippen molar-refractivity contribution in [2.24, 2.45) is 0 Å². The van der Waals surface area contributed by atoms with Crippen LogP contribution in [0.2, 0.25) is 0 Å². The second kappa shape index (κ2) is 7.26. The van der Waals surface area contributed by atoms with Gasteiger partial charge in [0.25, 0.3) is 0 Å². The van der Waals surface area contributed by atoms with Crippen LogP contribution in [0.15, 0.2) is 24.3 Å². The molecule has 1 N–H and O–H groups in total. The van der Waals surface area contributed by atoms with Gasteiger partial charge >= 0.3 is 0 Å². The molecule has 4 nitrogen and oxygen atoms in total. The summed E-state index contributed by atoms with van der Waals surface area (Å²) in [6, 6.07) is 8.48. The molecular formula is C15H22N2O2. The zero-order valence-electron chi connectivity index (χ0n) is 11.5. The van der Waals surface area contributed by atoms with Crippen LogP contribution in [0.25, 0.3) is 0 Å². The molecule has 0 aliphatic carbocycles. The summed E-state index contributed by atoms with van der Waals surface area (Å²) in [6.07, 6.45) is 1.92. The van der Waals surface area contributed by atoms with E-state index in [4.69, 9.17) is 4.74 Å². The summed E-state index contributed by atoms with van der Waals surface area (Å²) in [5.41, 5.74) is 2.76. The maximum atomic E-state index is 12.1. The van der Waals surface area contributed by atoms with Gasteiger partial charge in [-0.2, -0.15) is 0 Å². The van der Waals surface area contributed by atoms with E-state index < -0.39 is 0 Å². The lowest BCUT2D eigenvalue weighted by atomic mass is 10.0. The van der Waals surface area contributed by atoms with E-state index >= 15 is 0 Å². The predicted octanol–water partition coefficient (Wildman–Crippen LogP) is 0.850. The fraction of sp³-hybridized carbons (Fsp3) is 0.533. The van der Waals surface area contributed by atoms with Gasteiger partial charge in [0.1, 0.15) is 0 Å². The molecule has 104 valence electrons. The molecule has 1 aromatic rings. The van der Waals surface area contributed by atoms with Gasteiger partial charge in [-0.1, -0.05) is 24.3 Å². The molecule has 0 radical (unpaired) electrons. The summed E-state index contributed by atoms with van der Waals surface area (Å²) in [6.45, 7) is 3.40. The van der Waals surface area contributed by atoms with Crippen molar-refractivity contribution in [3.05, 3.63) is 35.4 Å². The predicted molar refractivity (Wildman–Crippen MR) is 75.2 cm³/mol. The number of carbonyl (C=O) groups excluding carboxylic acids is 1. The Labute approximate surface area is 114 Å². The van der Waals surface area contributed by atoms with Gasteiger partial charge in [-0.05, 0) is 24.0 Å². The highest BCUT2D eigenvalue weighted by Crippen LogP contribution is 2.15. The van der Waals surface area contributed by atoms with Gasteiger partial charge in [-0.25, -0.2) is 0 Å². The van der Waals surface area contributed by atoms with Crippen molar-refractivity contribution >= 4 is 5.91 Å². The lowest BCUT2D eigenvalue weighted by molar-refractivity contribution is -0.130. The standard InChI is InChI=1S/C15H22N2O2/c1-19-11-8-16-12-15(18)17-9-6-13-4-2-3-5-14(13)7-10-17/h2-5,16H,6-12H2,1H3. The number of hydrogen-bond acceptors (Lipinski definition) is 3. The van der Waals surface area contributed by atoms with Gasteiger partial charge in [-0.15, -0.1) is 0 Å². The number of nitrogens with zero attached hydrogens (tertiary/aromatic N) is 1. The summed E-state index contributed by atoms with van der Waals surface area (Å²) < 4.78 is 4.94. The smallest absolute Gasteiger partial charge is 0.236 e. The van der Waals surface area contributed by atoms with Crippen molar-refractivity contribution < 1.29 is 9.53 Å². The number of fused-ring (bicyclic) bond motifs is 1. The number of amides is 1. The Bertz CT molecular complexity index is 393. The monoisotopic (exact) mass is 262 g/mol. The summed E-state index contributed by atoms with van der Waals surface area (Å²) in [5.74, 6) is 0.184. The Hall–Kier alpha value is -1.39. The normalized spacial score (nSPS) is 14.9. The van der Waals surface area contributed by atoms with E-state index in [1.165, 1.54) is 11.1 Å². The average molecular weight is 262 g/mol. The number of benzene rings is 1. The second-order valence-corrected chi connectivity index (χ2v) is 4.82. The maximum absolute atomic E-state index is 12.1. The summed E-state index contributed by atoms with van der Waals surface area (Å²) in [7, 11) is 1.66. The molecule has 0 spiro atoms. The fourth-order valence-corrected chi connectivity index (χ4v) is 2.40. The molecule has 1 aromatic carbocycles. The molecule has 1 heterocycles. The zero-order valence-corrected chi connectivity index (χ0v) is 11.5. The van der Waals surface area contributed by atoms with Crippen LogP contribution in [0.4, 0.5) is 0 Å². The van der Waals surface area contributed by atoms with Gasteiger partial charge in [-0.3, -0.25) is 4.79 Å². The van der Waals surface area contributed by atoms with Crippen molar-refractivity contribution in [3.63, 3.8) is 0 Å². The Morgan fingerprint density at radius 2 is 1.89 bits per heavy atom. The highest BCUT2D eigenvalue weighted by atomic mass is 16.5. The number of carbonyl (C=O) groups is 1. The molecule has 0 atom stereocenters. The molecular weight excluding hydrogens is 240 g/mol.